The Morgan fingerprint density at radius 2 is 1.79 bits per heavy atom. The van der Waals surface area contributed by atoms with Crippen LogP contribution in [0.1, 0.15) is 23.1 Å². The number of H-pyrrole nitrogens is 1. The second-order valence-electron chi connectivity index (χ2n) is 6.06. The molecule has 0 aliphatic rings. The standard InChI is InChI=1S/C20H20FN3O4/c1-4-24(20(26)12-5-7-13(21)8-6-12)11-18-22-15-10-17(28-3)16(27-2)9-14(15)19(25)23-18/h5-10H,4,11H2,1-3H3,(H,22,23,25). The van der Waals surface area contributed by atoms with Gasteiger partial charge in [0.2, 0.25) is 0 Å². The molecule has 8 heteroatoms. The summed E-state index contributed by atoms with van der Waals surface area (Å²) in [5, 5.41) is 0.356. The molecule has 0 bridgehead atoms. The zero-order valence-corrected chi connectivity index (χ0v) is 15.8. The van der Waals surface area contributed by atoms with E-state index in [0.717, 1.165) is 0 Å². The smallest absolute Gasteiger partial charge is 0.258 e. The van der Waals surface area contributed by atoms with Gasteiger partial charge in [-0.3, -0.25) is 9.59 Å². The van der Waals surface area contributed by atoms with E-state index < -0.39 is 5.82 Å². The fraction of sp³-hybridized carbons (Fsp3) is 0.250. The van der Waals surface area contributed by atoms with Gasteiger partial charge in [-0.05, 0) is 37.3 Å². The first kappa shape index (κ1) is 19.3. The molecule has 0 atom stereocenters. The minimum atomic E-state index is -0.413. The van der Waals surface area contributed by atoms with Crippen molar-refractivity contribution in [3.8, 4) is 11.5 Å². The Bertz CT molecular complexity index is 1060. The number of carbonyl (C=O) groups is 1. The molecule has 28 heavy (non-hydrogen) atoms. The van der Waals surface area contributed by atoms with Crippen molar-refractivity contribution in [1.82, 2.24) is 14.9 Å². The van der Waals surface area contributed by atoms with Gasteiger partial charge in [-0.15, -0.1) is 0 Å². The molecule has 1 amide bonds. The Morgan fingerprint density at radius 1 is 1.14 bits per heavy atom. The molecule has 0 saturated heterocycles. The number of nitrogens with one attached hydrogen (secondary N) is 1. The summed E-state index contributed by atoms with van der Waals surface area (Å²) < 4.78 is 23.6. The zero-order valence-electron chi connectivity index (χ0n) is 15.8. The molecule has 146 valence electrons. The number of rotatable bonds is 6. The normalized spacial score (nSPS) is 10.7. The van der Waals surface area contributed by atoms with Gasteiger partial charge >= 0.3 is 0 Å². The summed E-state index contributed by atoms with van der Waals surface area (Å²) in [6.45, 7) is 2.31. The average Bonchev–Trinajstić information content (AvgIpc) is 2.71. The van der Waals surface area contributed by atoms with Gasteiger partial charge < -0.3 is 19.4 Å². The highest BCUT2D eigenvalue weighted by atomic mass is 19.1. The quantitative estimate of drug-likeness (QED) is 0.705. The van der Waals surface area contributed by atoms with Gasteiger partial charge in [0.15, 0.2) is 11.5 Å². The number of carbonyl (C=O) groups excluding carboxylic acids is 1. The fourth-order valence-corrected chi connectivity index (χ4v) is 2.87. The molecule has 1 aromatic heterocycles. The van der Waals surface area contributed by atoms with Crippen LogP contribution in [0.15, 0.2) is 41.2 Å². The third-order valence-electron chi connectivity index (χ3n) is 4.36. The summed E-state index contributed by atoms with van der Waals surface area (Å²) >= 11 is 0. The first-order valence-electron chi connectivity index (χ1n) is 8.66. The van der Waals surface area contributed by atoms with Gasteiger partial charge in [-0.1, -0.05) is 0 Å². The molecule has 2 aromatic carbocycles. The Kier molecular flexibility index (Phi) is 5.58. The topological polar surface area (TPSA) is 84.5 Å². The number of ether oxygens (including phenoxy) is 2. The molecule has 1 heterocycles. The number of nitrogens with zero attached hydrogens (tertiary/aromatic N) is 2. The van der Waals surface area contributed by atoms with Crippen LogP contribution in [-0.4, -0.2) is 41.5 Å². The highest BCUT2D eigenvalue weighted by molar-refractivity contribution is 5.94. The van der Waals surface area contributed by atoms with E-state index in [9.17, 15) is 14.0 Å². The third kappa shape index (κ3) is 3.80. The Balaban J connectivity index is 1.94. The number of hydrogen-bond donors (Lipinski definition) is 1. The lowest BCUT2D eigenvalue weighted by atomic mass is 10.2. The molecule has 0 unspecified atom stereocenters. The highest BCUT2D eigenvalue weighted by Gasteiger charge is 2.17. The SMILES string of the molecule is CCN(Cc1nc2cc(OC)c(OC)cc2c(=O)[nH]1)C(=O)c1ccc(F)cc1. The molecule has 7 nitrogen and oxygen atoms in total. The number of methoxy groups -OCH3 is 2. The van der Waals surface area contributed by atoms with Gasteiger partial charge in [0, 0.05) is 18.2 Å². The Hall–Kier alpha value is -3.42. The number of fused-ring (bicyclic) bond motifs is 1. The zero-order chi connectivity index (χ0) is 20.3. The van der Waals surface area contributed by atoms with Crippen LogP contribution in [0.5, 0.6) is 11.5 Å². The molecule has 0 aliphatic carbocycles. The van der Waals surface area contributed by atoms with Gasteiger partial charge in [-0.25, -0.2) is 9.37 Å². The molecule has 0 aliphatic heterocycles. The molecule has 0 fully saturated rings. The average molecular weight is 385 g/mol. The lowest BCUT2D eigenvalue weighted by Gasteiger charge is -2.20. The van der Waals surface area contributed by atoms with Crippen LogP contribution in [0.4, 0.5) is 4.39 Å². The molecular weight excluding hydrogens is 365 g/mol. The number of benzene rings is 2. The maximum Gasteiger partial charge on any atom is 0.258 e. The Morgan fingerprint density at radius 3 is 2.39 bits per heavy atom. The van der Waals surface area contributed by atoms with Crippen molar-refractivity contribution in [2.24, 2.45) is 0 Å². The predicted molar refractivity (Wildman–Crippen MR) is 102 cm³/mol. The fourth-order valence-electron chi connectivity index (χ4n) is 2.87. The maximum absolute atomic E-state index is 13.1. The van der Waals surface area contributed by atoms with Crippen molar-refractivity contribution in [2.45, 2.75) is 13.5 Å². The Labute approximate surface area is 160 Å². The van der Waals surface area contributed by atoms with Crippen LogP contribution in [0.3, 0.4) is 0 Å². The van der Waals surface area contributed by atoms with E-state index in [1.807, 2.05) is 6.92 Å². The van der Waals surface area contributed by atoms with Crippen LogP contribution >= 0.6 is 0 Å². The summed E-state index contributed by atoms with van der Waals surface area (Å²) in [4.78, 5) is 33.8. The van der Waals surface area contributed by atoms with Crippen LogP contribution in [0.25, 0.3) is 10.9 Å². The largest absolute Gasteiger partial charge is 0.493 e. The highest BCUT2D eigenvalue weighted by Crippen LogP contribution is 2.30. The van der Waals surface area contributed by atoms with Gasteiger partial charge in [0.25, 0.3) is 11.5 Å². The molecule has 3 rings (SSSR count). The van der Waals surface area contributed by atoms with Crippen molar-refractivity contribution in [1.29, 1.82) is 0 Å². The molecule has 0 radical (unpaired) electrons. The summed E-state index contributed by atoms with van der Waals surface area (Å²) in [6.07, 6.45) is 0. The van der Waals surface area contributed by atoms with E-state index in [-0.39, 0.29) is 18.0 Å². The van der Waals surface area contributed by atoms with Crippen LogP contribution < -0.4 is 15.0 Å². The lowest BCUT2D eigenvalue weighted by molar-refractivity contribution is 0.0748. The minimum absolute atomic E-state index is 0.103. The predicted octanol–water partition coefficient (Wildman–Crippen LogP) is 2.74. The monoisotopic (exact) mass is 385 g/mol. The minimum Gasteiger partial charge on any atom is -0.493 e. The molecular formula is C20H20FN3O4. The first-order valence-corrected chi connectivity index (χ1v) is 8.66. The van der Waals surface area contributed by atoms with Crippen molar-refractivity contribution in [2.75, 3.05) is 20.8 Å². The second kappa shape index (κ2) is 8.08. The van der Waals surface area contributed by atoms with Gasteiger partial charge in [0.1, 0.15) is 11.6 Å². The number of aromatic nitrogens is 2. The molecule has 0 spiro atoms. The maximum atomic E-state index is 13.1. The van der Waals surface area contributed by atoms with E-state index in [1.54, 1.807) is 12.1 Å². The summed E-state index contributed by atoms with van der Waals surface area (Å²) in [7, 11) is 2.98. The molecule has 0 saturated carbocycles. The summed E-state index contributed by atoms with van der Waals surface area (Å²) in [6, 6.07) is 8.49. The number of halogens is 1. The van der Waals surface area contributed by atoms with E-state index in [4.69, 9.17) is 9.47 Å². The third-order valence-corrected chi connectivity index (χ3v) is 4.36. The first-order chi connectivity index (χ1) is 13.5. The van der Waals surface area contributed by atoms with E-state index in [1.165, 1.54) is 43.4 Å². The van der Waals surface area contributed by atoms with E-state index in [2.05, 4.69) is 9.97 Å². The second-order valence-corrected chi connectivity index (χ2v) is 6.06. The van der Waals surface area contributed by atoms with Crippen molar-refractivity contribution >= 4 is 16.8 Å². The van der Waals surface area contributed by atoms with Gasteiger partial charge in [-0.2, -0.15) is 0 Å². The van der Waals surface area contributed by atoms with Gasteiger partial charge in [0.05, 0.1) is 31.7 Å². The number of amides is 1. The van der Waals surface area contributed by atoms with Crippen molar-refractivity contribution in [3.63, 3.8) is 0 Å². The lowest BCUT2D eigenvalue weighted by Crippen LogP contribution is -2.32. The van der Waals surface area contributed by atoms with Crippen LogP contribution in [0.2, 0.25) is 0 Å². The van der Waals surface area contributed by atoms with Crippen LogP contribution in [0, 0.1) is 5.82 Å². The number of hydrogen-bond acceptors (Lipinski definition) is 5. The van der Waals surface area contributed by atoms with E-state index in [0.29, 0.717) is 40.3 Å². The molecule has 1 N–H and O–H groups in total. The van der Waals surface area contributed by atoms with Crippen molar-refractivity contribution < 1.29 is 18.7 Å². The van der Waals surface area contributed by atoms with Crippen molar-refractivity contribution in [3.05, 3.63) is 64.0 Å². The number of aromatic amines is 1. The summed E-state index contributed by atoms with van der Waals surface area (Å²) in [5.41, 5.74) is 0.450. The molecule has 3 aromatic rings. The summed E-state index contributed by atoms with van der Waals surface area (Å²) in [5.74, 6) is 0.523. The van der Waals surface area contributed by atoms with Crippen LogP contribution in [-0.2, 0) is 6.54 Å². The van der Waals surface area contributed by atoms with E-state index >= 15 is 0 Å².